The summed E-state index contributed by atoms with van der Waals surface area (Å²) in [5.74, 6) is 1.45. The number of quaternary nitrogens is 1. The third-order valence-electron chi connectivity index (χ3n) is 6.70. The van der Waals surface area contributed by atoms with Crippen molar-refractivity contribution >= 4 is 11.7 Å². The molecule has 0 aromatic rings. The van der Waals surface area contributed by atoms with E-state index in [1.807, 2.05) is 6.08 Å². The molecule has 1 aliphatic rings. The Morgan fingerprint density at radius 3 is 2.00 bits per heavy atom. The topological polar surface area (TPSA) is 41.5 Å². The zero-order valence-corrected chi connectivity index (χ0v) is 20.2. The molecule has 0 bridgehead atoms. The van der Waals surface area contributed by atoms with Crippen molar-refractivity contribution < 1.29 is 9.28 Å². The summed E-state index contributed by atoms with van der Waals surface area (Å²) in [7, 11) is 0. The van der Waals surface area contributed by atoms with Gasteiger partial charge in [-0.05, 0) is 26.2 Å². The predicted molar refractivity (Wildman–Crippen MR) is 131 cm³/mol. The van der Waals surface area contributed by atoms with E-state index in [1.165, 1.54) is 95.7 Å². The van der Waals surface area contributed by atoms with Crippen LogP contribution in [0.3, 0.4) is 0 Å². The van der Waals surface area contributed by atoms with Crippen LogP contribution in [0, 0.1) is 0 Å². The SMILES string of the molecule is C=CCCCCCCCCCCCCCCCC1=NCC[N+]1(CC)CCNC(C)=O. The maximum Gasteiger partial charge on any atom is 0.217 e. The highest BCUT2D eigenvalue weighted by molar-refractivity contribution is 5.77. The second kappa shape index (κ2) is 17.5. The van der Waals surface area contributed by atoms with Gasteiger partial charge in [-0.3, -0.25) is 9.28 Å². The minimum absolute atomic E-state index is 0.0705. The summed E-state index contributed by atoms with van der Waals surface area (Å²) in [4.78, 5) is 16.0. The van der Waals surface area contributed by atoms with Crippen molar-refractivity contribution in [1.82, 2.24) is 5.32 Å². The molecule has 0 aliphatic carbocycles. The van der Waals surface area contributed by atoms with E-state index in [-0.39, 0.29) is 5.91 Å². The molecule has 0 fully saturated rings. The summed E-state index contributed by atoms with van der Waals surface area (Å²) in [6, 6.07) is 0. The van der Waals surface area contributed by atoms with Gasteiger partial charge in [0.25, 0.3) is 0 Å². The van der Waals surface area contributed by atoms with Gasteiger partial charge in [0.2, 0.25) is 5.91 Å². The van der Waals surface area contributed by atoms with Crippen LogP contribution >= 0.6 is 0 Å². The first-order valence-corrected chi connectivity index (χ1v) is 12.9. The minimum Gasteiger partial charge on any atom is -0.351 e. The molecular formula is C26H50N3O+. The molecule has 1 N–H and O–H groups in total. The summed E-state index contributed by atoms with van der Waals surface area (Å²) < 4.78 is 0.995. The van der Waals surface area contributed by atoms with E-state index in [9.17, 15) is 4.79 Å². The molecule has 0 saturated carbocycles. The summed E-state index contributed by atoms with van der Waals surface area (Å²) in [5.41, 5.74) is 0. The first kappa shape index (κ1) is 26.9. The number of carbonyl (C=O) groups excluding carboxylic acids is 1. The molecule has 0 saturated heterocycles. The number of nitrogens with one attached hydrogen (secondary N) is 1. The molecule has 1 atom stereocenters. The van der Waals surface area contributed by atoms with Gasteiger partial charge in [-0.15, -0.1) is 6.58 Å². The third kappa shape index (κ3) is 11.9. The van der Waals surface area contributed by atoms with Crippen LogP contribution in [0.5, 0.6) is 0 Å². The minimum atomic E-state index is 0.0705. The average Bonchev–Trinajstić information content (AvgIpc) is 3.13. The number of aliphatic imine (C=N–C) groups is 1. The molecular weight excluding hydrogens is 370 g/mol. The van der Waals surface area contributed by atoms with Gasteiger partial charge in [0, 0.05) is 13.3 Å². The van der Waals surface area contributed by atoms with Crippen molar-refractivity contribution in [2.24, 2.45) is 4.99 Å². The lowest BCUT2D eigenvalue weighted by atomic mass is 10.0. The van der Waals surface area contributed by atoms with Crippen LogP contribution in [-0.2, 0) is 4.79 Å². The van der Waals surface area contributed by atoms with Gasteiger partial charge in [-0.1, -0.05) is 76.7 Å². The van der Waals surface area contributed by atoms with Gasteiger partial charge in [-0.2, -0.15) is 0 Å². The highest BCUT2D eigenvalue weighted by atomic mass is 16.1. The highest BCUT2D eigenvalue weighted by Crippen LogP contribution is 2.20. The predicted octanol–water partition coefficient (Wildman–Crippen LogP) is 6.41. The number of carbonyl (C=O) groups is 1. The fraction of sp³-hybridized carbons (Fsp3) is 0.846. The maximum atomic E-state index is 11.2. The van der Waals surface area contributed by atoms with E-state index in [0.29, 0.717) is 0 Å². The number of nitrogens with zero attached hydrogens (tertiary/aromatic N) is 2. The molecule has 0 spiro atoms. The van der Waals surface area contributed by atoms with Gasteiger partial charge in [0.1, 0.15) is 13.1 Å². The molecule has 1 heterocycles. The lowest BCUT2D eigenvalue weighted by molar-refractivity contribution is -0.833. The summed E-state index contributed by atoms with van der Waals surface area (Å²) in [6.45, 7) is 12.6. The van der Waals surface area contributed by atoms with Crippen LogP contribution in [0.2, 0.25) is 0 Å². The van der Waals surface area contributed by atoms with Gasteiger partial charge >= 0.3 is 0 Å². The molecule has 30 heavy (non-hydrogen) atoms. The van der Waals surface area contributed by atoms with Crippen molar-refractivity contribution in [3.63, 3.8) is 0 Å². The first-order chi connectivity index (χ1) is 14.6. The Hall–Kier alpha value is -1.16. The van der Waals surface area contributed by atoms with Gasteiger partial charge in [-0.25, -0.2) is 4.99 Å². The summed E-state index contributed by atoms with van der Waals surface area (Å²) in [6.07, 6.45) is 22.4. The summed E-state index contributed by atoms with van der Waals surface area (Å²) >= 11 is 0. The monoisotopic (exact) mass is 420 g/mol. The fourth-order valence-electron chi connectivity index (χ4n) is 4.67. The number of rotatable bonds is 20. The molecule has 0 aromatic carbocycles. The number of likely N-dealkylation sites (N-methyl/N-ethyl adjacent to an activating group) is 1. The van der Waals surface area contributed by atoms with E-state index in [2.05, 4.69) is 18.8 Å². The highest BCUT2D eigenvalue weighted by Gasteiger charge is 2.35. The average molecular weight is 421 g/mol. The largest absolute Gasteiger partial charge is 0.351 e. The fourth-order valence-corrected chi connectivity index (χ4v) is 4.67. The Kier molecular flexibility index (Phi) is 15.7. The van der Waals surface area contributed by atoms with E-state index >= 15 is 0 Å². The van der Waals surface area contributed by atoms with Crippen molar-refractivity contribution in [1.29, 1.82) is 0 Å². The second-order valence-electron chi connectivity index (χ2n) is 9.11. The smallest absolute Gasteiger partial charge is 0.217 e. The Bertz CT molecular complexity index is 489. The Morgan fingerprint density at radius 2 is 1.50 bits per heavy atom. The van der Waals surface area contributed by atoms with Crippen LogP contribution in [0.15, 0.2) is 17.6 Å². The van der Waals surface area contributed by atoms with Crippen LogP contribution in [0.4, 0.5) is 0 Å². The second-order valence-corrected chi connectivity index (χ2v) is 9.11. The molecule has 4 nitrogen and oxygen atoms in total. The third-order valence-corrected chi connectivity index (χ3v) is 6.70. The van der Waals surface area contributed by atoms with Crippen LogP contribution < -0.4 is 5.32 Å². The number of amides is 1. The van der Waals surface area contributed by atoms with E-state index in [4.69, 9.17) is 4.99 Å². The first-order valence-electron chi connectivity index (χ1n) is 12.9. The van der Waals surface area contributed by atoms with E-state index < -0.39 is 0 Å². The molecule has 1 aliphatic heterocycles. The van der Waals surface area contributed by atoms with Gasteiger partial charge < -0.3 is 5.32 Å². The number of hydrogen-bond acceptors (Lipinski definition) is 2. The number of unbranched alkanes of at least 4 members (excludes halogenated alkanes) is 13. The molecule has 1 amide bonds. The van der Waals surface area contributed by atoms with Gasteiger partial charge in [0.05, 0.1) is 19.6 Å². The van der Waals surface area contributed by atoms with Crippen molar-refractivity contribution in [2.45, 2.75) is 110 Å². The molecule has 0 radical (unpaired) electrons. The zero-order valence-electron chi connectivity index (χ0n) is 20.2. The summed E-state index contributed by atoms with van der Waals surface area (Å²) in [5, 5.41) is 2.96. The van der Waals surface area contributed by atoms with Crippen LogP contribution in [0.25, 0.3) is 0 Å². The molecule has 1 rings (SSSR count). The Labute approximate surface area is 187 Å². The Morgan fingerprint density at radius 1 is 0.967 bits per heavy atom. The van der Waals surface area contributed by atoms with Crippen LogP contribution in [-0.4, -0.2) is 48.9 Å². The number of allylic oxidation sites excluding steroid dienone is 1. The van der Waals surface area contributed by atoms with E-state index in [1.54, 1.807) is 6.92 Å². The maximum absolute atomic E-state index is 11.2. The van der Waals surface area contributed by atoms with Crippen molar-refractivity contribution in [3.8, 4) is 0 Å². The van der Waals surface area contributed by atoms with Gasteiger partial charge in [0.15, 0.2) is 5.84 Å². The molecule has 1 unspecified atom stereocenters. The zero-order chi connectivity index (χ0) is 21.9. The van der Waals surface area contributed by atoms with Crippen LogP contribution in [0.1, 0.15) is 110 Å². The Balaban J connectivity index is 1.98. The molecule has 4 heteroatoms. The van der Waals surface area contributed by atoms with Crippen molar-refractivity contribution in [3.05, 3.63) is 12.7 Å². The number of hydrogen-bond donors (Lipinski definition) is 1. The quantitative estimate of drug-likeness (QED) is 0.138. The van der Waals surface area contributed by atoms with Crippen molar-refractivity contribution in [2.75, 3.05) is 32.7 Å². The normalized spacial score (nSPS) is 18.4. The molecule has 174 valence electrons. The molecule has 0 aromatic heterocycles. The number of amidine groups is 1. The standard InChI is InChI=1S/C26H49N3O/c1-4-6-7-8-9-10-11-12-13-14-15-16-17-18-19-20-26-28-22-24-29(26,5-2)23-21-27-25(3)30/h4H,1,5-24H2,2-3H3/p+1. The lowest BCUT2D eigenvalue weighted by Crippen LogP contribution is -2.54. The van der Waals surface area contributed by atoms with E-state index in [0.717, 1.165) is 43.6 Å². The lowest BCUT2D eigenvalue weighted by Gasteiger charge is -2.33.